The van der Waals surface area contributed by atoms with Crippen LogP contribution in [-0.4, -0.2) is 14.8 Å². The Kier molecular flexibility index (Phi) is 4.24. The number of hydrazine groups is 1. The molecule has 0 fully saturated rings. The lowest BCUT2D eigenvalue weighted by Gasteiger charge is -2.18. The number of nitrogens with two attached hydrogens (primary N) is 1. The second-order valence-electron chi connectivity index (χ2n) is 4.46. The summed E-state index contributed by atoms with van der Waals surface area (Å²) in [6.45, 7) is 0. The third-order valence-electron chi connectivity index (χ3n) is 3.09. The van der Waals surface area contributed by atoms with Crippen molar-refractivity contribution in [1.82, 2.24) is 20.2 Å². The van der Waals surface area contributed by atoms with Crippen LogP contribution in [0.3, 0.4) is 0 Å². The standard InChI is InChI=1S/C12H13F4N5/c1-21-11(18-6-19-21)5-10(20-17)8-4-7(12(14,15)16)2-3-9(8)13/h2-4,6,10,20H,5,17H2,1H3. The molecule has 5 nitrogen and oxygen atoms in total. The number of nitrogens with one attached hydrogen (secondary N) is 1. The first-order chi connectivity index (χ1) is 9.82. The number of alkyl halides is 3. The maximum Gasteiger partial charge on any atom is 0.416 e. The summed E-state index contributed by atoms with van der Waals surface area (Å²) in [5.74, 6) is 5.04. The van der Waals surface area contributed by atoms with E-state index >= 15 is 0 Å². The summed E-state index contributed by atoms with van der Waals surface area (Å²) in [7, 11) is 1.62. The number of rotatable bonds is 4. The first-order valence-electron chi connectivity index (χ1n) is 5.98. The van der Waals surface area contributed by atoms with Gasteiger partial charge in [-0.25, -0.2) is 9.37 Å². The summed E-state index contributed by atoms with van der Waals surface area (Å²) in [4.78, 5) is 3.94. The fourth-order valence-corrected chi connectivity index (χ4v) is 1.93. The minimum atomic E-state index is -4.55. The number of benzene rings is 1. The molecule has 1 aromatic heterocycles. The van der Waals surface area contributed by atoms with Gasteiger partial charge in [-0.2, -0.15) is 18.3 Å². The second kappa shape index (κ2) is 5.78. The number of nitrogens with zero attached hydrogens (tertiary/aromatic N) is 3. The zero-order chi connectivity index (χ0) is 15.6. The molecule has 2 rings (SSSR count). The van der Waals surface area contributed by atoms with Crippen LogP contribution in [0.4, 0.5) is 17.6 Å². The van der Waals surface area contributed by atoms with E-state index in [1.165, 1.54) is 11.0 Å². The molecule has 0 bridgehead atoms. The highest BCUT2D eigenvalue weighted by Gasteiger charge is 2.32. The predicted octanol–water partition coefficient (Wildman–Crippen LogP) is 1.72. The molecule has 114 valence electrons. The molecule has 21 heavy (non-hydrogen) atoms. The lowest BCUT2D eigenvalue weighted by molar-refractivity contribution is -0.137. The van der Waals surface area contributed by atoms with Crippen molar-refractivity contribution in [3.63, 3.8) is 0 Å². The number of aromatic nitrogens is 3. The Balaban J connectivity index is 2.35. The average Bonchev–Trinajstić information content (AvgIpc) is 2.81. The van der Waals surface area contributed by atoms with Crippen LogP contribution >= 0.6 is 0 Å². The highest BCUT2D eigenvalue weighted by Crippen LogP contribution is 2.32. The van der Waals surface area contributed by atoms with E-state index in [0.29, 0.717) is 11.9 Å². The van der Waals surface area contributed by atoms with E-state index in [-0.39, 0.29) is 12.0 Å². The SMILES string of the molecule is Cn1ncnc1CC(NN)c1cc(C(F)(F)F)ccc1F. The fraction of sp³-hybridized carbons (Fsp3) is 0.333. The first-order valence-corrected chi connectivity index (χ1v) is 5.98. The highest BCUT2D eigenvalue weighted by molar-refractivity contribution is 5.30. The lowest BCUT2D eigenvalue weighted by Crippen LogP contribution is -2.31. The van der Waals surface area contributed by atoms with Gasteiger partial charge in [0.2, 0.25) is 0 Å². The maximum atomic E-state index is 13.8. The molecule has 0 spiro atoms. The molecule has 2 aromatic rings. The van der Waals surface area contributed by atoms with Crippen LogP contribution < -0.4 is 11.3 Å². The van der Waals surface area contributed by atoms with Crippen LogP contribution in [0.2, 0.25) is 0 Å². The number of halogens is 4. The molecule has 0 saturated heterocycles. The van der Waals surface area contributed by atoms with Gasteiger partial charge in [0.25, 0.3) is 0 Å². The van der Waals surface area contributed by atoms with Gasteiger partial charge in [-0.1, -0.05) is 0 Å². The van der Waals surface area contributed by atoms with Gasteiger partial charge in [0.1, 0.15) is 18.0 Å². The fourth-order valence-electron chi connectivity index (χ4n) is 1.93. The van der Waals surface area contributed by atoms with E-state index in [2.05, 4.69) is 15.5 Å². The molecule has 9 heteroatoms. The summed E-state index contributed by atoms with van der Waals surface area (Å²) in [6, 6.07) is 1.36. The van der Waals surface area contributed by atoms with Gasteiger partial charge in [-0.3, -0.25) is 16.0 Å². The number of hydrogen-bond donors (Lipinski definition) is 2. The van der Waals surface area contributed by atoms with Gasteiger partial charge in [-0.15, -0.1) is 0 Å². The van der Waals surface area contributed by atoms with Crippen LogP contribution in [0.1, 0.15) is 23.0 Å². The van der Waals surface area contributed by atoms with Crippen LogP contribution in [0.25, 0.3) is 0 Å². The Morgan fingerprint density at radius 3 is 2.62 bits per heavy atom. The van der Waals surface area contributed by atoms with Gasteiger partial charge < -0.3 is 0 Å². The Bertz CT molecular complexity index is 622. The Morgan fingerprint density at radius 2 is 2.10 bits per heavy atom. The molecule has 1 aromatic carbocycles. The largest absolute Gasteiger partial charge is 0.416 e. The van der Waals surface area contributed by atoms with Crippen LogP contribution in [0, 0.1) is 5.82 Å². The second-order valence-corrected chi connectivity index (χ2v) is 4.46. The van der Waals surface area contributed by atoms with Gasteiger partial charge in [0.15, 0.2) is 0 Å². The summed E-state index contributed by atoms with van der Waals surface area (Å²) >= 11 is 0. The molecular formula is C12H13F4N5. The van der Waals surface area contributed by atoms with Gasteiger partial charge >= 0.3 is 6.18 Å². The monoisotopic (exact) mass is 303 g/mol. The topological polar surface area (TPSA) is 68.8 Å². The van der Waals surface area contributed by atoms with Crippen molar-refractivity contribution in [2.24, 2.45) is 12.9 Å². The van der Waals surface area contributed by atoms with Gasteiger partial charge in [-0.05, 0) is 18.2 Å². The highest BCUT2D eigenvalue weighted by atomic mass is 19.4. The third kappa shape index (κ3) is 3.37. The Hall–Kier alpha value is -2.00. The van der Waals surface area contributed by atoms with E-state index in [9.17, 15) is 17.6 Å². The molecule has 1 unspecified atom stereocenters. The molecule has 0 saturated carbocycles. The number of hydrogen-bond acceptors (Lipinski definition) is 4. The third-order valence-corrected chi connectivity index (χ3v) is 3.09. The lowest BCUT2D eigenvalue weighted by atomic mass is 10.0. The summed E-state index contributed by atoms with van der Waals surface area (Å²) in [5.41, 5.74) is 1.21. The normalized spacial score (nSPS) is 13.4. The molecule has 0 aliphatic rings. The van der Waals surface area contributed by atoms with Crippen molar-refractivity contribution < 1.29 is 17.6 Å². The molecular weight excluding hydrogens is 290 g/mol. The predicted molar refractivity (Wildman–Crippen MR) is 66.2 cm³/mol. The summed E-state index contributed by atoms with van der Waals surface area (Å²) < 4.78 is 53.4. The Morgan fingerprint density at radius 1 is 1.38 bits per heavy atom. The molecule has 1 heterocycles. The zero-order valence-electron chi connectivity index (χ0n) is 11.0. The van der Waals surface area contributed by atoms with Gasteiger partial charge in [0, 0.05) is 19.0 Å². The van der Waals surface area contributed by atoms with E-state index in [4.69, 9.17) is 5.84 Å². The van der Waals surface area contributed by atoms with E-state index in [1.807, 2.05) is 0 Å². The van der Waals surface area contributed by atoms with Crippen molar-refractivity contribution >= 4 is 0 Å². The van der Waals surface area contributed by atoms with Crippen LogP contribution in [0.5, 0.6) is 0 Å². The van der Waals surface area contributed by atoms with E-state index in [0.717, 1.165) is 12.1 Å². The van der Waals surface area contributed by atoms with Crippen LogP contribution in [-0.2, 0) is 19.6 Å². The van der Waals surface area contributed by atoms with E-state index < -0.39 is 23.6 Å². The smallest absolute Gasteiger partial charge is 0.271 e. The Labute approximate surface area is 117 Å². The van der Waals surface area contributed by atoms with Crippen molar-refractivity contribution in [1.29, 1.82) is 0 Å². The molecule has 3 N–H and O–H groups in total. The molecule has 1 atom stereocenters. The van der Waals surface area contributed by atoms with Crippen molar-refractivity contribution in [3.8, 4) is 0 Å². The maximum absolute atomic E-state index is 13.8. The quantitative estimate of drug-likeness (QED) is 0.513. The zero-order valence-corrected chi connectivity index (χ0v) is 11.0. The molecule has 0 radical (unpaired) electrons. The minimum absolute atomic E-state index is 0.102. The molecule has 0 aliphatic carbocycles. The van der Waals surface area contributed by atoms with Gasteiger partial charge in [0.05, 0.1) is 11.6 Å². The van der Waals surface area contributed by atoms with Crippen molar-refractivity contribution in [3.05, 3.63) is 47.3 Å². The van der Waals surface area contributed by atoms with Crippen molar-refractivity contribution in [2.75, 3.05) is 0 Å². The molecule has 0 aliphatic heterocycles. The van der Waals surface area contributed by atoms with Crippen molar-refractivity contribution in [2.45, 2.75) is 18.6 Å². The first kappa shape index (κ1) is 15.4. The van der Waals surface area contributed by atoms with Crippen LogP contribution in [0.15, 0.2) is 24.5 Å². The summed E-state index contributed by atoms with van der Waals surface area (Å²) in [6.07, 6.45) is -3.15. The number of aryl methyl sites for hydroxylation is 1. The summed E-state index contributed by atoms with van der Waals surface area (Å²) in [5, 5.41) is 3.84. The minimum Gasteiger partial charge on any atom is -0.271 e. The van der Waals surface area contributed by atoms with E-state index in [1.54, 1.807) is 7.05 Å². The molecule has 0 amide bonds. The average molecular weight is 303 g/mol.